The average Bonchev–Trinajstić information content (AvgIpc) is 3.14. The molecule has 0 unspecified atom stereocenters. The summed E-state index contributed by atoms with van der Waals surface area (Å²) in [5.41, 5.74) is 1.04. The maximum Gasteiger partial charge on any atom is 0.257 e. The molecule has 3 rings (SSSR count). The van der Waals surface area contributed by atoms with Gasteiger partial charge in [0.1, 0.15) is 0 Å². The average molecular weight is 455 g/mol. The van der Waals surface area contributed by atoms with Crippen molar-refractivity contribution < 1.29 is 13.2 Å². The number of rotatable bonds is 7. The zero-order chi connectivity index (χ0) is 21.0. The van der Waals surface area contributed by atoms with Crippen molar-refractivity contribution in [1.82, 2.24) is 14.5 Å². The summed E-state index contributed by atoms with van der Waals surface area (Å²) in [4.78, 5) is 12.9. The maximum absolute atomic E-state index is 13.0. The predicted octanol–water partition coefficient (Wildman–Crippen LogP) is 4.02. The molecule has 1 amide bonds. The van der Waals surface area contributed by atoms with Crippen LogP contribution in [0.1, 0.15) is 49.0 Å². The number of hydrogen-bond donors (Lipinski definition) is 1. The van der Waals surface area contributed by atoms with Crippen molar-refractivity contribution in [1.29, 1.82) is 0 Å². The first-order valence-electron chi connectivity index (χ1n) is 9.69. The van der Waals surface area contributed by atoms with Gasteiger partial charge >= 0.3 is 0 Å². The van der Waals surface area contributed by atoms with Gasteiger partial charge in [-0.2, -0.15) is 4.31 Å². The van der Waals surface area contributed by atoms with Crippen LogP contribution < -0.4 is 5.32 Å². The highest BCUT2D eigenvalue weighted by Crippen LogP contribution is 2.28. The Bertz CT molecular complexity index is 967. The van der Waals surface area contributed by atoms with E-state index in [-0.39, 0.29) is 10.8 Å². The molecule has 1 fully saturated rings. The number of aryl methyl sites for hydroxylation is 1. The van der Waals surface area contributed by atoms with Crippen LogP contribution in [0.2, 0.25) is 0 Å². The highest BCUT2D eigenvalue weighted by atomic mass is 32.2. The lowest BCUT2D eigenvalue weighted by Gasteiger charge is -2.29. The van der Waals surface area contributed by atoms with Crippen LogP contribution >= 0.6 is 23.1 Å². The van der Waals surface area contributed by atoms with Crippen molar-refractivity contribution in [2.75, 3.05) is 24.2 Å². The van der Waals surface area contributed by atoms with E-state index in [1.165, 1.54) is 21.7 Å². The Balaban J connectivity index is 1.77. The summed E-state index contributed by atoms with van der Waals surface area (Å²) in [5, 5.41) is 11.2. The standard InChI is InChI=1S/C19H26N4O3S3/c1-4-11-27-19-22-21-18(28-19)20-17(24)16-12-15(6-5-14(16)3)29(25,26)23-9-7-13(2)8-10-23/h5-6,12-13H,4,7-11H2,1-3H3,(H,20,21,24). The summed E-state index contributed by atoms with van der Waals surface area (Å²) >= 11 is 2.91. The summed E-state index contributed by atoms with van der Waals surface area (Å²) in [6.45, 7) is 7.04. The SMILES string of the molecule is CCCSc1nnc(NC(=O)c2cc(S(=O)(=O)N3CCC(C)CC3)ccc2C)s1. The highest BCUT2D eigenvalue weighted by Gasteiger charge is 2.29. The van der Waals surface area contributed by atoms with Crippen LogP contribution in [0.4, 0.5) is 5.13 Å². The van der Waals surface area contributed by atoms with Gasteiger partial charge in [-0.05, 0) is 49.8 Å². The van der Waals surface area contributed by atoms with Gasteiger partial charge in [-0.1, -0.05) is 43.0 Å². The molecule has 0 radical (unpaired) electrons. The molecule has 1 aromatic carbocycles. The van der Waals surface area contributed by atoms with Crippen LogP contribution in [0.25, 0.3) is 0 Å². The van der Waals surface area contributed by atoms with E-state index in [9.17, 15) is 13.2 Å². The lowest BCUT2D eigenvalue weighted by Crippen LogP contribution is -2.38. The number of benzene rings is 1. The van der Waals surface area contributed by atoms with Crippen molar-refractivity contribution in [2.45, 2.75) is 49.3 Å². The Morgan fingerprint density at radius 1 is 1.31 bits per heavy atom. The number of thioether (sulfide) groups is 1. The molecule has 29 heavy (non-hydrogen) atoms. The van der Waals surface area contributed by atoms with Crippen LogP contribution in [-0.2, 0) is 10.0 Å². The molecule has 1 aromatic heterocycles. The maximum atomic E-state index is 13.0. The minimum atomic E-state index is -3.61. The molecule has 158 valence electrons. The number of piperidine rings is 1. The smallest absolute Gasteiger partial charge is 0.257 e. The van der Waals surface area contributed by atoms with E-state index in [2.05, 4.69) is 29.4 Å². The van der Waals surface area contributed by atoms with E-state index in [0.717, 1.165) is 29.4 Å². The van der Waals surface area contributed by atoms with Gasteiger partial charge in [-0.25, -0.2) is 8.42 Å². The number of aromatic nitrogens is 2. The second kappa shape index (κ2) is 9.55. The normalized spacial score (nSPS) is 16.1. The van der Waals surface area contributed by atoms with E-state index in [0.29, 0.717) is 35.3 Å². The van der Waals surface area contributed by atoms with Gasteiger partial charge < -0.3 is 0 Å². The zero-order valence-electron chi connectivity index (χ0n) is 16.8. The second-order valence-corrected chi connectivity index (χ2v) is 11.5. The minimum Gasteiger partial charge on any atom is -0.296 e. The van der Waals surface area contributed by atoms with E-state index in [4.69, 9.17) is 0 Å². The van der Waals surface area contributed by atoms with Gasteiger partial charge in [0.25, 0.3) is 5.91 Å². The Morgan fingerprint density at radius 3 is 2.72 bits per heavy atom. The van der Waals surface area contributed by atoms with Gasteiger partial charge in [0.15, 0.2) is 4.34 Å². The van der Waals surface area contributed by atoms with Gasteiger partial charge in [0, 0.05) is 24.4 Å². The third-order valence-electron chi connectivity index (χ3n) is 4.89. The molecule has 1 aliphatic rings. The number of sulfonamides is 1. The van der Waals surface area contributed by atoms with E-state index >= 15 is 0 Å². The van der Waals surface area contributed by atoms with Crippen LogP contribution in [-0.4, -0.2) is 47.7 Å². The number of hydrogen-bond acceptors (Lipinski definition) is 7. The third kappa shape index (κ3) is 5.36. The van der Waals surface area contributed by atoms with Crippen LogP contribution in [0.3, 0.4) is 0 Å². The number of carbonyl (C=O) groups excluding carboxylic acids is 1. The van der Waals surface area contributed by atoms with Crippen LogP contribution in [0.5, 0.6) is 0 Å². The molecule has 1 aliphatic heterocycles. The first-order chi connectivity index (χ1) is 13.8. The number of amides is 1. The summed E-state index contributed by atoms with van der Waals surface area (Å²) in [5.74, 6) is 1.10. The first-order valence-corrected chi connectivity index (χ1v) is 12.9. The van der Waals surface area contributed by atoms with Gasteiger partial charge in [-0.15, -0.1) is 10.2 Å². The third-order valence-corrected chi connectivity index (χ3v) is 8.96. The quantitative estimate of drug-likeness (QED) is 0.502. The molecule has 0 bridgehead atoms. The summed E-state index contributed by atoms with van der Waals surface area (Å²) in [7, 11) is -3.61. The molecule has 1 N–H and O–H groups in total. The number of nitrogens with one attached hydrogen (secondary N) is 1. The molecule has 2 aromatic rings. The lowest BCUT2D eigenvalue weighted by molar-refractivity contribution is 0.102. The van der Waals surface area contributed by atoms with Crippen molar-refractivity contribution in [2.24, 2.45) is 5.92 Å². The number of nitrogens with zero attached hydrogens (tertiary/aromatic N) is 3. The van der Waals surface area contributed by atoms with E-state index in [1.54, 1.807) is 30.8 Å². The van der Waals surface area contributed by atoms with Gasteiger partial charge in [0.05, 0.1) is 4.90 Å². The fourth-order valence-corrected chi connectivity index (χ4v) is 6.22. The Labute approximate surface area is 180 Å². The summed E-state index contributed by atoms with van der Waals surface area (Å²) in [6.07, 6.45) is 2.74. The van der Waals surface area contributed by atoms with Crippen LogP contribution in [0, 0.1) is 12.8 Å². The summed E-state index contributed by atoms with van der Waals surface area (Å²) < 4.78 is 28.3. The van der Waals surface area contributed by atoms with Crippen molar-refractivity contribution in [3.63, 3.8) is 0 Å². The molecular formula is C19H26N4O3S3. The molecule has 0 atom stereocenters. The molecule has 1 saturated heterocycles. The minimum absolute atomic E-state index is 0.152. The molecule has 0 aliphatic carbocycles. The van der Waals surface area contributed by atoms with Gasteiger partial charge in [-0.3, -0.25) is 10.1 Å². The number of anilines is 1. The predicted molar refractivity (Wildman–Crippen MR) is 117 cm³/mol. The largest absolute Gasteiger partial charge is 0.296 e. The monoisotopic (exact) mass is 454 g/mol. The van der Waals surface area contributed by atoms with Gasteiger partial charge in [0.2, 0.25) is 15.2 Å². The van der Waals surface area contributed by atoms with Crippen molar-refractivity contribution >= 4 is 44.2 Å². The lowest BCUT2D eigenvalue weighted by atomic mass is 10.0. The number of carbonyl (C=O) groups is 1. The topological polar surface area (TPSA) is 92.3 Å². The molecular weight excluding hydrogens is 428 g/mol. The fourth-order valence-electron chi connectivity index (χ4n) is 3.05. The first kappa shape index (κ1) is 22.2. The van der Waals surface area contributed by atoms with Crippen molar-refractivity contribution in [3.8, 4) is 0 Å². The Morgan fingerprint density at radius 2 is 2.03 bits per heavy atom. The van der Waals surface area contributed by atoms with Crippen molar-refractivity contribution in [3.05, 3.63) is 29.3 Å². The van der Waals surface area contributed by atoms with E-state index < -0.39 is 10.0 Å². The molecule has 0 spiro atoms. The highest BCUT2D eigenvalue weighted by molar-refractivity contribution is 8.01. The Kier molecular flexibility index (Phi) is 7.31. The molecule has 2 heterocycles. The molecule has 10 heteroatoms. The van der Waals surface area contributed by atoms with E-state index in [1.807, 2.05) is 0 Å². The molecule has 0 saturated carbocycles. The summed E-state index contributed by atoms with van der Waals surface area (Å²) in [6, 6.07) is 4.72. The molecule has 7 nitrogen and oxygen atoms in total. The van der Waals surface area contributed by atoms with Crippen LogP contribution in [0.15, 0.2) is 27.4 Å². The fraction of sp³-hybridized carbons (Fsp3) is 0.526. The Hall–Kier alpha value is -1.49. The second-order valence-electron chi connectivity index (χ2n) is 7.24. The zero-order valence-corrected chi connectivity index (χ0v) is 19.3.